The van der Waals surface area contributed by atoms with Crippen molar-refractivity contribution in [3.05, 3.63) is 79.5 Å². The van der Waals surface area contributed by atoms with Gasteiger partial charge in [0.1, 0.15) is 22.2 Å². The Morgan fingerprint density at radius 1 is 1.25 bits per heavy atom. The fourth-order valence-electron chi connectivity index (χ4n) is 2.42. The van der Waals surface area contributed by atoms with Crippen LogP contribution in [0, 0.1) is 29.8 Å². The van der Waals surface area contributed by atoms with E-state index >= 15 is 0 Å². The number of carbonyl (C=O) groups excluding carboxylic acids is 1. The minimum atomic E-state index is -0.965. The predicted molar refractivity (Wildman–Crippen MR) is 103 cm³/mol. The number of aryl methyl sites for hydroxylation is 2. The Morgan fingerprint density at radius 2 is 1.96 bits per heavy atom. The van der Waals surface area contributed by atoms with Gasteiger partial charge in [-0.05, 0) is 38.1 Å². The summed E-state index contributed by atoms with van der Waals surface area (Å²) in [6.45, 7) is 3.88. The summed E-state index contributed by atoms with van der Waals surface area (Å²) in [6, 6.07) is 10.7. The molecule has 0 radical (unpaired) electrons. The first-order chi connectivity index (χ1) is 13.3. The second-order valence-corrected chi connectivity index (χ2v) is 7.08. The number of anilines is 1. The summed E-state index contributed by atoms with van der Waals surface area (Å²) in [5.41, 5.74) is 1.06. The van der Waals surface area contributed by atoms with Crippen molar-refractivity contribution in [3.63, 3.8) is 0 Å². The number of nitrogens with zero attached hydrogens (tertiary/aromatic N) is 2. The van der Waals surface area contributed by atoms with Crippen LogP contribution in [0.5, 0.6) is 5.75 Å². The van der Waals surface area contributed by atoms with E-state index in [-0.39, 0.29) is 12.3 Å². The highest BCUT2D eigenvalue weighted by atomic mass is 32.1. The predicted octanol–water partition coefficient (Wildman–Crippen LogP) is 4.64. The van der Waals surface area contributed by atoms with Gasteiger partial charge >= 0.3 is 5.69 Å². The first kappa shape index (κ1) is 19.4. The summed E-state index contributed by atoms with van der Waals surface area (Å²) in [6.07, 6.45) is 0. The Hall–Kier alpha value is -3.33. The van der Waals surface area contributed by atoms with Gasteiger partial charge in [-0.2, -0.15) is 4.39 Å². The highest BCUT2D eigenvalue weighted by Crippen LogP contribution is 2.25. The zero-order chi connectivity index (χ0) is 20.3. The van der Waals surface area contributed by atoms with E-state index in [0.717, 1.165) is 17.7 Å². The smallest absolute Gasteiger partial charge is 0.306 e. The van der Waals surface area contributed by atoms with Crippen LogP contribution in [0.4, 0.5) is 15.8 Å². The first-order valence-corrected chi connectivity index (χ1v) is 9.06. The van der Waals surface area contributed by atoms with Gasteiger partial charge < -0.3 is 10.1 Å². The van der Waals surface area contributed by atoms with Crippen LogP contribution in [0.15, 0.2) is 42.5 Å². The van der Waals surface area contributed by atoms with Crippen molar-refractivity contribution in [2.24, 2.45) is 0 Å². The molecule has 0 aliphatic carbocycles. The lowest BCUT2D eigenvalue weighted by Crippen LogP contribution is -2.11. The van der Waals surface area contributed by atoms with Crippen molar-refractivity contribution >= 4 is 28.6 Å². The third-order valence-corrected chi connectivity index (χ3v) is 4.96. The monoisotopic (exact) mass is 401 g/mol. The van der Waals surface area contributed by atoms with E-state index in [9.17, 15) is 19.3 Å². The zero-order valence-corrected chi connectivity index (χ0v) is 15.9. The Kier molecular flexibility index (Phi) is 5.65. The molecule has 7 nitrogen and oxygen atoms in total. The number of aromatic nitrogens is 1. The molecule has 2 aromatic carbocycles. The van der Waals surface area contributed by atoms with Gasteiger partial charge in [0.2, 0.25) is 5.82 Å². The molecule has 0 saturated carbocycles. The molecule has 0 unspecified atom stereocenters. The third-order valence-electron chi connectivity index (χ3n) is 3.83. The van der Waals surface area contributed by atoms with Crippen LogP contribution in [0.25, 0.3) is 0 Å². The molecule has 144 valence electrons. The minimum absolute atomic E-state index is 0.128. The number of nitro benzene ring substituents is 1. The van der Waals surface area contributed by atoms with E-state index in [1.54, 1.807) is 6.92 Å². The van der Waals surface area contributed by atoms with E-state index in [2.05, 4.69) is 10.3 Å². The van der Waals surface area contributed by atoms with Gasteiger partial charge in [0.25, 0.3) is 5.91 Å². The van der Waals surface area contributed by atoms with E-state index < -0.39 is 22.3 Å². The van der Waals surface area contributed by atoms with E-state index in [1.807, 2.05) is 31.2 Å². The molecule has 0 aliphatic heterocycles. The number of thiazole rings is 1. The number of nitro groups is 1. The maximum absolute atomic E-state index is 13.4. The van der Waals surface area contributed by atoms with Crippen molar-refractivity contribution in [1.29, 1.82) is 0 Å². The Labute approximate surface area is 164 Å². The van der Waals surface area contributed by atoms with Gasteiger partial charge in [-0.25, -0.2) is 4.98 Å². The highest BCUT2D eigenvalue weighted by Gasteiger charge is 2.19. The summed E-state index contributed by atoms with van der Waals surface area (Å²) >= 11 is 1.17. The van der Waals surface area contributed by atoms with Crippen LogP contribution in [-0.2, 0) is 6.61 Å². The molecular weight excluding hydrogens is 385 g/mol. The number of rotatable bonds is 6. The summed E-state index contributed by atoms with van der Waals surface area (Å²) < 4.78 is 19.1. The van der Waals surface area contributed by atoms with Gasteiger partial charge in [0.15, 0.2) is 0 Å². The molecule has 28 heavy (non-hydrogen) atoms. The van der Waals surface area contributed by atoms with E-state index in [0.29, 0.717) is 21.3 Å². The van der Waals surface area contributed by atoms with Crippen LogP contribution in [0.1, 0.15) is 25.9 Å². The maximum atomic E-state index is 13.4. The fourth-order valence-corrected chi connectivity index (χ4v) is 3.30. The zero-order valence-electron chi connectivity index (χ0n) is 15.1. The van der Waals surface area contributed by atoms with Crippen LogP contribution in [0.2, 0.25) is 0 Å². The van der Waals surface area contributed by atoms with Gasteiger partial charge in [-0.1, -0.05) is 17.7 Å². The molecule has 0 saturated heterocycles. The SMILES string of the molecule is Cc1ccc(OCc2nc(C)c(C(=O)Nc3ccc(F)c([N+](=O)[O-])c3)s2)cc1. The average molecular weight is 401 g/mol. The molecule has 0 bridgehead atoms. The standard InChI is InChI=1S/C19H16FN3O4S/c1-11-3-6-14(7-4-11)27-10-17-21-12(2)18(28-17)19(24)22-13-5-8-15(20)16(9-13)23(25)26/h3-9H,10H2,1-2H3,(H,22,24). The Bertz CT molecular complexity index is 1030. The molecule has 0 aliphatic rings. The molecule has 1 aromatic heterocycles. The maximum Gasteiger partial charge on any atom is 0.306 e. The number of nitrogens with one attached hydrogen (secondary N) is 1. The molecule has 3 rings (SSSR count). The lowest BCUT2D eigenvalue weighted by Gasteiger charge is -2.04. The van der Waals surface area contributed by atoms with E-state index in [4.69, 9.17) is 4.74 Å². The molecule has 1 amide bonds. The number of carbonyl (C=O) groups is 1. The molecule has 1 heterocycles. The molecule has 0 fully saturated rings. The van der Waals surface area contributed by atoms with Gasteiger partial charge in [-0.15, -0.1) is 11.3 Å². The van der Waals surface area contributed by atoms with Crippen LogP contribution < -0.4 is 10.1 Å². The summed E-state index contributed by atoms with van der Waals surface area (Å²) in [5.74, 6) is -0.743. The molecule has 9 heteroatoms. The molecular formula is C19H16FN3O4S. The second-order valence-electron chi connectivity index (χ2n) is 6.00. The topological polar surface area (TPSA) is 94.4 Å². The number of hydrogen-bond donors (Lipinski definition) is 1. The number of hydrogen-bond acceptors (Lipinski definition) is 6. The third kappa shape index (κ3) is 4.49. The fraction of sp³-hybridized carbons (Fsp3) is 0.158. The Balaban J connectivity index is 1.70. The van der Waals surface area contributed by atoms with Crippen LogP contribution in [-0.4, -0.2) is 15.8 Å². The largest absolute Gasteiger partial charge is 0.486 e. The van der Waals surface area contributed by atoms with Gasteiger partial charge in [-0.3, -0.25) is 14.9 Å². The van der Waals surface area contributed by atoms with Gasteiger partial charge in [0, 0.05) is 11.8 Å². The van der Waals surface area contributed by atoms with Crippen molar-refractivity contribution in [1.82, 2.24) is 4.98 Å². The van der Waals surface area contributed by atoms with Crippen molar-refractivity contribution in [2.75, 3.05) is 5.32 Å². The van der Waals surface area contributed by atoms with Crippen LogP contribution >= 0.6 is 11.3 Å². The van der Waals surface area contributed by atoms with Crippen LogP contribution in [0.3, 0.4) is 0 Å². The molecule has 1 N–H and O–H groups in total. The van der Waals surface area contributed by atoms with Gasteiger partial charge in [0.05, 0.1) is 10.6 Å². The second kappa shape index (κ2) is 8.13. The first-order valence-electron chi connectivity index (χ1n) is 8.24. The average Bonchev–Trinajstić information content (AvgIpc) is 3.03. The van der Waals surface area contributed by atoms with Crippen molar-refractivity contribution in [2.45, 2.75) is 20.5 Å². The molecule has 3 aromatic rings. The number of ether oxygens (including phenoxy) is 1. The summed E-state index contributed by atoms with van der Waals surface area (Å²) in [7, 11) is 0. The number of halogens is 1. The van der Waals surface area contributed by atoms with Crippen molar-refractivity contribution in [3.8, 4) is 5.75 Å². The number of amides is 1. The number of benzene rings is 2. The summed E-state index contributed by atoms with van der Waals surface area (Å²) in [4.78, 5) is 27.1. The lowest BCUT2D eigenvalue weighted by molar-refractivity contribution is -0.387. The summed E-state index contributed by atoms with van der Waals surface area (Å²) in [5, 5.41) is 14.0. The Morgan fingerprint density at radius 3 is 2.64 bits per heavy atom. The molecule has 0 spiro atoms. The highest BCUT2D eigenvalue weighted by molar-refractivity contribution is 7.13. The normalized spacial score (nSPS) is 10.5. The lowest BCUT2D eigenvalue weighted by atomic mass is 10.2. The van der Waals surface area contributed by atoms with Crippen molar-refractivity contribution < 1.29 is 18.8 Å². The minimum Gasteiger partial charge on any atom is -0.486 e. The molecule has 0 atom stereocenters. The van der Waals surface area contributed by atoms with E-state index in [1.165, 1.54) is 17.4 Å². The quantitative estimate of drug-likeness (QED) is 0.480.